The van der Waals surface area contributed by atoms with Gasteiger partial charge >= 0.3 is 0 Å². The molecule has 78 valence electrons. The summed E-state index contributed by atoms with van der Waals surface area (Å²) in [6.07, 6.45) is -0.590. The minimum absolute atomic E-state index is 0.590. The fraction of sp³-hybridized carbons (Fsp3) is 0.182. The standard InChI is InChI=1S/C11H10BrNOS/c1-7-4-2-3-5-8(7)9(14)10-11(12)13-6-15-10/h2-6,9,14H,1H3. The zero-order chi connectivity index (χ0) is 10.8. The molecule has 2 rings (SSSR count). The number of hydrogen-bond donors (Lipinski definition) is 1. The molecule has 1 atom stereocenters. The van der Waals surface area contributed by atoms with Gasteiger partial charge in [0.1, 0.15) is 10.7 Å². The van der Waals surface area contributed by atoms with E-state index in [0.717, 1.165) is 20.6 Å². The Morgan fingerprint density at radius 1 is 1.40 bits per heavy atom. The van der Waals surface area contributed by atoms with E-state index in [1.807, 2.05) is 31.2 Å². The summed E-state index contributed by atoms with van der Waals surface area (Å²) in [6, 6.07) is 7.83. The number of aliphatic hydroxyl groups is 1. The first-order valence-corrected chi connectivity index (χ1v) is 6.20. The van der Waals surface area contributed by atoms with Crippen molar-refractivity contribution in [2.24, 2.45) is 0 Å². The molecule has 0 bridgehead atoms. The summed E-state index contributed by atoms with van der Waals surface area (Å²) in [5, 5.41) is 10.2. The average Bonchev–Trinajstić information content (AvgIpc) is 2.64. The number of aryl methyl sites for hydroxylation is 1. The highest BCUT2D eigenvalue weighted by atomic mass is 79.9. The first-order chi connectivity index (χ1) is 7.20. The van der Waals surface area contributed by atoms with Gasteiger partial charge in [0.15, 0.2) is 0 Å². The number of benzene rings is 1. The minimum Gasteiger partial charge on any atom is -0.383 e. The largest absolute Gasteiger partial charge is 0.383 e. The lowest BCUT2D eigenvalue weighted by molar-refractivity contribution is 0.222. The van der Waals surface area contributed by atoms with E-state index >= 15 is 0 Å². The summed E-state index contributed by atoms with van der Waals surface area (Å²) in [5.74, 6) is 0. The fourth-order valence-electron chi connectivity index (χ4n) is 1.45. The molecule has 0 spiro atoms. The van der Waals surface area contributed by atoms with E-state index in [2.05, 4.69) is 20.9 Å². The lowest BCUT2D eigenvalue weighted by Crippen LogP contribution is -2.00. The van der Waals surface area contributed by atoms with Crippen LogP contribution in [0.1, 0.15) is 22.1 Å². The number of aliphatic hydroxyl groups excluding tert-OH is 1. The Hall–Kier alpha value is -0.710. The first-order valence-electron chi connectivity index (χ1n) is 4.52. The van der Waals surface area contributed by atoms with Gasteiger partial charge in [0.05, 0.1) is 10.4 Å². The monoisotopic (exact) mass is 283 g/mol. The molecule has 2 nitrogen and oxygen atoms in total. The van der Waals surface area contributed by atoms with Crippen molar-refractivity contribution in [1.29, 1.82) is 0 Å². The second-order valence-electron chi connectivity index (χ2n) is 3.27. The van der Waals surface area contributed by atoms with Crippen molar-refractivity contribution in [1.82, 2.24) is 4.98 Å². The van der Waals surface area contributed by atoms with E-state index in [-0.39, 0.29) is 0 Å². The average molecular weight is 284 g/mol. The zero-order valence-corrected chi connectivity index (χ0v) is 10.5. The van der Waals surface area contributed by atoms with Gasteiger partial charge in [-0.2, -0.15) is 0 Å². The molecule has 0 radical (unpaired) electrons. The van der Waals surface area contributed by atoms with Crippen molar-refractivity contribution in [3.05, 3.63) is 50.4 Å². The topological polar surface area (TPSA) is 33.1 Å². The van der Waals surface area contributed by atoms with Crippen molar-refractivity contribution >= 4 is 27.3 Å². The molecular weight excluding hydrogens is 274 g/mol. The molecule has 1 aromatic carbocycles. The van der Waals surface area contributed by atoms with Gasteiger partial charge in [0.25, 0.3) is 0 Å². The zero-order valence-electron chi connectivity index (χ0n) is 8.14. The Labute approximate surface area is 101 Å². The van der Waals surface area contributed by atoms with Gasteiger partial charge < -0.3 is 5.11 Å². The van der Waals surface area contributed by atoms with Gasteiger partial charge in [-0.25, -0.2) is 4.98 Å². The highest BCUT2D eigenvalue weighted by Crippen LogP contribution is 2.32. The molecular formula is C11H10BrNOS. The normalized spacial score (nSPS) is 12.7. The first kappa shape index (κ1) is 10.8. The van der Waals surface area contributed by atoms with Crippen LogP contribution in [0.4, 0.5) is 0 Å². The minimum atomic E-state index is -0.590. The quantitative estimate of drug-likeness (QED) is 0.918. The van der Waals surface area contributed by atoms with Crippen molar-refractivity contribution < 1.29 is 5.11 Å². The molecule has 1 heterocycles. The SMILES string of the molecule is Cc1ccccc1C(O)c1scnc1Br. The third-order valence-corrected chi connectivity index (χ3v) is 4.06. The van der Waals surface area contributed by atoms with Crippen molar-refractivity contribution in [2.45, 2.75) is 13.0 Å². The summed E-state index contributed by atoms with van der Waals surface area (Å²) < 4.78 is 0.725. The molecule has 0 saturated carbocycles. The van der Waals surface area contributed by atoms with E-state index in [0.29, 0.717) is 0 Å². The molecule has 1 N–H and O–H groups in total. The molecule has 0 aliphatic carbocycles. The Balaban J connectivity index is 2.41. The third-order valence-electron chi connectivity index (χ3n) is 2.28. The lowest BCUT2D eigenvalue weighted by atomic mass is 10.0. The second kappa shape index (κ2) is 4.43. The molecule has 1 unspecified atom stereocenters. The summed E-state index contributed by atoms with van der Waals surface area (Å²) in [4.78, 5) is 4.92. The van der Waals surface area contributed by atoms with E-state index in [1.165, 1.54) is 11.3 Å². The summed E-state index contributed by atoms with van der Waals surface area (Å²) in [5.41, 5.74) is 3.74. The summed E-state index contributed by atoms with van der Waals surface area (Å²) in [6.45, 7) is 1.99. The molecule has 15 heavy (non-hydrogen) atoms. The molecule has 2 aromatic rings. The van der Waals surface area contributed by atoms with Crippen molar-refractivity contribution in [2.75, 3.05) is 0 Å². The number of thiazole rings is 1. The summed E-state index contributed by atoms with van der Waals surface area (Å²) in [7, 11) is 0. The van der Waals surface area contributed by atoms with Gasteiger partial charge in [0.2, 0.25) is 0 Å². The predicted molar refractivity (Wildman–Crippen MR) is 65.1 cm³/mol. The van der Waals surface area contributed by atoms with Crippen LogP contribution in [0.25, 0.3) is 0 Å². The predicted octanol–water partition coefficient (Wildman–Crippen LogP) is 3.30. The van der Waals surface area contributed by atoms with Crippen LogP contribution >= 0.6 is 27.3 Å². The van der Waals surface area contributed by atoms with Crippen LogP contribution < -0.4 is 0 Å². The molecule has 4 heteroatoms. The van der Waals surface area contributed by atoms with Crippen LogP contribution in [0.15, 0.2) is 34.4 Å². The molecule has 1 aromatic heterocycles. The molecule has 0 amide bonds. The molecule has 0 fully saturated rings. The third kappa shape index (κ3) is 2.12. The van der Waals surface area contributed by atoms with Gasteiger partial charge in [0, 0.05) is 0 Å². The van der Waals surface area contributed by atoms with Gasteiger partial charge in [-0.15, -0.1) is 11.3 Å². The molecule has 0 aliphatic rings. The van der Waals surface area contributed by atoms with Crippen LogP contribution in [-0.2, 0) is 0 Å². The van der Waals surface area contributed by atoms with E-state index < -0.39 is 6.10 Å². The number of rotatable bonds is 2. The maximum atomic E-state index is 10.2. The van der Waals surface area contributed by atoms with Gasteiger partial charge in [-0.3, -0.25) is 0 Å². The molecule has 0 aliphatic heterocycles. The van der Waals surface area contributed by atoms with Crippen LogP contribution in [0.5, 0.6) is 0 Å². The van der Waals surface area contributed by atoms with Crippen LogP contribution in [0.2, 0.25) is 0 Å². The summed E-state index contributed by atoms with van der Waals surface area (Å²) >= 11 is 4.78. The van der Waals surface area contributed by atoms with Crippen LogP contribution in [0, 0.1) is 6.92 Å². The highest BCUT2D eigenvalue weighted by Gasteiger charge is 2.17. The Morgan fingerprint density at radius 2 is 2.13 bits per heavy atom. The highest BCUT2D eigenvalue weighted by molar-refractivity contribution is 9.10. The maximum Gasteiger partial charge on any atom is 0.123 e. The van der Waals surface area contributed by atoms with E-state index in [4.69, 9.17) is 0 Å². The maximum absolute atomic E-state index is 10.2. The Kier molecular flexibility index (Phi) is 3.19. The van der Waals surface area contributed by atoms with E-state index in [1.54, 1.807) is 5.51 Å². The number of aromatic nitrogens is 1. The Bertz CT molecular complexity index is 469. The number of halogens is 1. The van der Waals surface area contributed by atoms with Crippen molar-refractivity contribution in [3.63, 3.8) is 0 Å². The second-order valence-corrected chi connectivity index (χ2v) is 4.90. The fourth-order valence-corrected chi connectivity index (χ4v) is 2.87. The molecule has 0 saturated heterocycles. The Morgan fingerprint density at radius 3 is 2.73 bits per heavy atom. The van der Waals surface area contributed by atoms with Crippen molar-refractivity contribution in [3.8, 4) is 0 Å². The van der Waals surface area contributed by atoms with Crippen LogP contribution in [-0.4, -0.2) is 10.1 Å². The van der Waals surface area contributed by atoms with Crippen LogP contribution in [0.3, 0.4) is 0 Å². The van der Waals surface area contributed by atoms with E-state index in [9.17, 15) is 5.11 Å². The number of hydrogen-bond acceptors (Lipinski definition) is 3. The van der Waals surface area contributed by atoms with Gasteiger partial charge in [-0.1, -0.05) is 24.3 Å². The van der Waals surface area contributed by atoms with Gasteiger partial charge in [-0.05, 0) is 34.0 Å². The number of nitrogens with zero attached hydrogens (tertiary/aromatic N) is 1. The smallest absolute Gasteiger partial charge is 0.123 e. The lowest BCUT2D eigenvalue weighted by Gasteiger charge is -2.11.